The van der Waals surface area contributed by atoms with Gasteiger partial charge in [-0.05, 0) is 19.9 Å². The molecule has 0 saturated carbocycles. The van der Waals surface area contributed by atoms with E-state index in [0.717, 1.165) is 32.5 Å². The van der Waals surface area contributed by atoms with E-state index in [4.69, 9.17) is 0 Å². The molecule has 0 unspecified atom stereocenters. The Morgan fingerprint density at radius 3 is 2.50 bits per heavy atom. The minimum atomic E-state index is -0.270. The molecule has 0 atom stereocenters. The van der Waals surface area contributed by atoms with Gasteiger partial charge in [-0.15, -0.1) is 0 Å². The summed E-state index contributed by atoms with van der Waals surface area (Å²) in [4.78, 5) is 4.61. The number of hydroxylamine groups is 2. The molecule has 94 valence electrons. The Hall–Kier alpha value is -0.230. The van der Waals surface area contributed by atoms with E-state index in [1.54, 1.807) is 0 Å². The van der Waals surface area contributed by atoms with Crippen LogP contribution in [0.15, 0.2) is 0 Å². The van der Waals surface area contributed by atoms with E-state index in [2.05, 4.69) is 16.8 Å². The third kappa shape index (κ3) is 2.37. The fraction of sp³-hybridized carbons (Fsp3) is 1.00. The Morgan fingerprint density at radius 2 is 1.88 bits per heavy atom. The largest absolute Gasteiger partial charge is 0.314 e. The van der Waals surface area contributed by atoms with Gasteiger partial charge in [0, 0.05) is 44.8 Å². The highest BCUT2D eigenvalue weighted by Crippen LogP contribution is 2.31. The van der Waals surface area contributed by atoms with Crippen molar-refractivity contribution in [3.05, 3.63) is 0 Å². The zero-order valence-electron chi connectivity index (χ0n) is 10.0. The van der Waals surface area contributed by atoms with Gasteiger partial charge in [0.1, 0.15) is 6.67 Å². The second-order valence-corrected chi connectivity index (χ2v) is 5.09. The molecule has 5 heteroatoms. The molecule has 1 spiro atoms. The Morgan fingerprint density at radius 1 is 1.19 bits per heavy atom. The van der Waals surface area contributed by atoms with Crippen LogP contribution in [0.2, 0.25) is 0 Å². The molecule has 0 aromatic heterocycles. The molecular formula is C11H22FN3O. The highest BCUT2D eigenvalue weighted by molar-refractivity contribution is 4.99. The third-order valence-electron chi connectivity index (χ3n) is 4.01. The summed E-state index contributed by atoms with van der Waals surface area (Å²) in [5.41, 5.74) is 0.0956. The van der Waals surface area contributed by atoms with Crippen LogP contribution in [0.1, 0.15) is 12.8 Å². The number of piperidine rings is 1. The van der Waals surface area contributed by atoms with Crippen molar-refractivity contribution in [3.8, 4) is 0 Å². The Balaban J connectivity index is 2.06. The van der Waals surface area contributed by atoms with Crippen molar-refractivity contribution in [1.82, 2.24) is 14.9 Å². The molecule has 2 aliphatic rings. The minimum Gasteiger partial charge on any atom is -0.314 e. The summed E-state index contributed by atoms with van der Waals surface area (Å²) in [5.74, 6) is 0. The molecule has 0 aromatic carbocycles. The van der Waals surface area contributed by atoms with Crippen LogP contribution in [0, 0.1) is 0 Å². The number of piperazine rings is 1. The normalized spacial score (nSPS) is 28.7. The van der Waals surface area contributed by atoms with E-state index in [1.807, 2.05) is 0 Å². The average Bonchev–Trinajstić information content (AvgIpc) is 2.27. The first-order valence-electron chi connectivity index (χ1n) is 6.10. The maximum absolute atomic E-state index is 12.6. The van der Waals surface area contributed by atoms with Crippen LogP contribution >= 0.6 is 0 Å². The predicted octanol–water partition coefficient (Wildman–Crippen LogP) is 0.427. The Labute approximate surface area is 96.6 Å². The van der Waals surface area contributed by atoms with E-state index in [1.165, 1.54) is 5.06 Å². The van der Waals surface area contributed by atoms with Gasteiger partial charge in [0.25, 0.3) is 0 Å². The summed E-state index contributed by atoms with van der Waals surface area (Å²) >= 11 is 0. The van der Waals surface area contributed by atoms with Crippen molar-refractivity contribution < 1.29 is 9.60 Å². The van der Waals surface area contributed by atoms with Crippen LogP contribution in [0.3, 0.4) is 0 Å². The van der Waals surface area contributed by atoms with E-state index >= 15 is 0 Å². The fourth-order valence-corrected chi connectivity index (χ4v) is 3.05. The van der Waals surface area contributed by atoms with Crippen molar-refractivity contribution >= 4 is 0 Å². The second-order valence-electron chi connectivity index (χ2n) is 5.09. The lowest BCUT2D eigenvalue weighted by Crippen LogP contribution is -2.65. The standard InChI is InChI=1S/C11H22FN3O/c1-13-8-9-14(7-4-12)11(10-13)2-5-15(16)6-3-11/h16H,2-10H2,1H3. The number of likely N-dealkylation sites (N-methyl/N-ethyl adjacent to an activating group) is 1. The third-order valence-corrected chi connectivity index (χ3v) is 4.01. The molecule has 2 rings (SSSR count). The summed E-state index contributed by atoms with van der Waals surface area (Å²) < 4.78 is 12.6. The molecule has 4 nitrogen and oxygen atoms in total. The molecule has 0 aromatic rings. The van der Waals surface area contributed by atoms with E-state index in [9.17, 15) is 9.60 Å². The van der Waals surface area contributed by atoms with Crippen molar-refractivity contribution in [2.45, 2.75) is 18.4 Å². The molecule has 0 amide bonds. The van der Waals surface area contributed by atoms with Crippen molar-refractivity contribution in [3.63, 3.8) is 0 Å². The highest BCUT2D eigenvalue weighted by atomic mass is 19.1. The molecule has 16 heavy (non-hydrogen) atoms. The summed E-state index contributed by atoms with van der Waals surface area (Å²) in [6.07, 6.45) is 1.88. The first-order valence-corrected chi connectivity index (χ1v) is 6.10. The number of hydrogen-bond donors (Lipinski definition) is 1. The molecule has 0 aliphatic carbocycles. The number of alkyl halides is 1. The number of rotatable bonds is 2. The van der Waals surface area contributed by atoms with Gasteiger partial charge in [0.15, 0.2) is 0 Å². The first-order chi connectivity index (χ1) is 7.66. The van der Waals surface area contributed by atoms with Gasteiger partial charge in [-0.2, -0.15) is 5.06 Å². The molecule has 0 radical (unpaired) electrons. The maximum atomic E-state index is 12.6. The van der Waals surface area contributed by atoms with Crippen LogP contribution in [0.5, 0.6) is 0 Å². The fourth-order valence-electron chi connectivity index (χ4n) is 3.05. The Kier molecular flexibility index (Phi) is 3.79. The molecule has 2 saturated heterocycles. The molecule has 2 aliphatic heterocycles. The molecule has 1 N–H and O–H groups in total. The predicted molar refractivity (Wildman–Crippen MR) is 60.4 cm³/mol. The maximum Gasteiger partial charge on any atom is 0.102 e. The zero-order chi connectivity index (χ0) is 11.6. The van der Waals surface area contributed by atoms with Gasteiger partial charge in [-0.1, -0.05) is 0 Å². The minimum absolute atomic E-state index is 0.0956. The molecule has 2 fully saturated rings. The van der Waals surface area contributed by atoms with E-state index in [-0.39, 0.29) is 12.2 Å². The topological polar surface area (TPSA) is 30.0 Å². The first kappa shape index (κ1) is 12.2. The van der Waals surface area contributed by atoms with Gasteiger partial charge >= 0.3 is 0 Å². The smallest absolute Gasteiger partial charge is 0.102 e. The second kappa shape index (κ2) is 4.96. The van der Waals surface area contributed by atoms with Gasteiger partial charge in [0.2, 0.25) is 0 Å². The number of hydrogen-bond acceptors (Lipinski definition) is 4. The van der Waals surface area contributed by atoms with Crippen LogP contribution < -0.4 is 0 Å². The highest BCUT2D eigenvalue weighted by Gasteiger charge is 2.42. The lowest BCUT2D eigenvalue weighted by atomic mass is 9.84. The van der Waals surface area contributed by atoms with Crippen molar-refractivity contribution in [1.29, 1.82) is 0 Å². The van der Waals surface area contributed by atoms with Crippen LogP contribution in [-0.4, -0.2) is 78.6 Å². The monoisotopic (exact) mass is 231 g/mol. The van der Waals surface area contributed by atoms with Gasteiger partial charge in [-0.3, -0.25) is 4.90 Å². The van der Waals surface area contributed by atoms with E-state index in [0.29, 0.717) is 19.6 Å². The van der Waals surface area contributed by atoms with Crippen LogP contribution in [-0.2, 0) is 0 Å². The van der Waals surface area contributed by atoms with Crippen molar-refractivity contribution in [2.24, 2.45) is 0 Å². The average molecular weight is 231 g/mol. The molecular weight excluding hydrogens is 209 g/mol. The van der Waals surface area contributed by atoms with Gasteiger partial charge in [0.05, 0.1) is 0 Å². The van der Waals surface area contributed by atoms with Gasteiger partial charge in [-0.25, -0.2) is 4.39 Å². The quantitative estimate of drug-likeness (QED) is 0.746. The SMILES string of the molecule is CN1CCN(CCF)C2(CCN(O)CC2)C1. The van der Waals surface area contributed by atoms with Gasteiger partial charge < -0.3 is 10.1 Å². The Bertz CT molecular complexity index is 231. The van der Waals surface area contributed by atoms with Crippen molar-refractivity contribution in [2.75, 3.05) is 53.0 Å². The van der Waals surface area contributed by atoms with Crippen LogP contribution in [0.4, 0.5) is 4.39 Å². The number of halogens is 1. The molecule has 0 bridgehead atoms. The van der Waals surface area contributed by atoms with E-state index < -0.39 is 0 Å². The number of nitrogens with zero attached hydrogens (tertiary/aromatic N) is 3. The lowest BCUT2D eigenvalue weighted by molar-refractivity contribution is -0.143. The summed E-state index contributed by atoms with van der Waals surface area (Å²) in [6.45, 7) is 4.65. The summed E-state index contributed by atoms with van der Waals surface area (Å²) in [5, 5.41) is 10.8. The van der Waals surface area contributed by atoms with Crippen LogP contribution in [0.25, 0.3) is 0 Å². The summed E-state index contributed by atoms with van der Waals surface area (Å²) in [7, 11) is 2.12. The molecule has 2 heterocycles. The summed E-state index contributed by atoms with van der Waals surface area (Å²) in [6, 6.07) is 0. The lowest BCUT2D eigenvalue weighted by Gasteiger charge is -2.52. The zero-order valence-corrected chi connectivity index (χ0v) is 10.0.